The van der Waals surface area contributed by atoms with Crippen LogP contribution in [0.15, 0.2) is 0 Å². The maximum absolute atomic E-state index is 11.6. The van der Waals surface area contributed by atoms with Gasteiger partial charge < -0.3 is 4.74 Å². The zero-order chi connectivity index (χ0) is 10.6. The Labute approximate surface area is 98.8 Å². The van der Waals surface area contributed by atoms with Crippen LogP contribution in [0.25, 0.3) is 0 Å². The summed E-state index contributed by atoms with van der Waals surface area (Å²) >= 11 is 0. The number of hydrogen-bond donors (Lipinski definition) is 0. The van der Waals surface area contributed by atoms with Crippen LogP contribution in [0.4, 0.5) is 0 Å². The van der Waals surface area contributed by atoms with Gasteiger partial charge in [-0.2, -0.15) is 0 Å². The molecular formula is C11H26GeO2. The van der Waals surface area contributed by atoms with E-state index in [-0.39, 0.29) is 35.6 Å². The first-order chi connectivity index (χ1) is 5.86. The predicted molar refractivity (Wildman–Crippen MR) is 65.7 cm³/mol. The molecule has 0 aromatic carbocycles. The fourth-order valence-electron chi connectivity index (χ4n) is 1.63. The molecule has 0 aliphatic rings. The van der Waals surface area contributed by atoms with Crippen LogP contribution < -0.4 is 0 Å². The summed E-state index contributed by atoms with van der Waals surface area (Å²) in [6, 6.07) is 0. The molecule has 0 spiro atoms. The van der Waals surface area contributed by atoms with Gasteiger partial charge in [-0.15, -0.1) is 0 Å². The molecule has 0 aromatic rings. The van der Waals surface area contributed by atoms with E-state index in [4.69, 9.17) is 4.74 Å². The molecule has 0 saturated heterocycles. The Morgan fingerprint density at radius 3 is 1.50 bits per heavy atom. The molecule has 0 aromatic heterocycles. The molecule has 0 fully saturated rings. The van der Waals surface area contributed by atoms with Crippen LogP contribution in [0.2, 0.25) is 0 Å². The van der Waals surface area contributed by atoms with Gasteiger partial charge in [-0.25, -0.2) is 0 Å². The molecule has 0 atom stereocenters. The van der Waals surface area contributed by atoms with Crippen molar-refractivity contribution in [2.45, 2.75) is 47.6 Å². The van der Waals surface area contributed by atoms with E-state index >= 15 is 0 Å². The molecule has 14 heavy (non-hydrogen) atoms. The van der Waals surface area contributed by atoms with Crippen LogP contribution in [0.1, 0.15) is 41.5 Å². The van der Waals surface area contributed by atoms with Gasteiger partial charge in [-0.3, -0.25) is 4.79 Å². The van der Waals surface area contributed by atoms with E-state index in [1.165, 1.54) is 0 Å². The molecule has 0 aliphatic heterocycles. The predicted octanol–water partition coefficient (Wildman–Crippen LogP) is 1.41. The van der Waals surface area contributed by atoms with Gasteiger partial charge in [0.05, 0.1) is 12.0 Å². The van der Waals surface area contributed by atoms with E-state index in [9.17, 15) is 4.79 Å². The maximum atomic E-state index is 11.6. The Bertz CT molecular complexity index is 157. The second-order valence-electron chi connectivity index (χ2n) is 4.50. The van der Waals surface area contributed by atoms with E-state index in [1.54, 1.807) is 0 Å². The zero-order valence-electron chi connectivity index (χ0n) is 9.63. The summed E-state index contributed by atoms with van der Waals surface area (Å²) in [6.07, 6.45) is -0.00694. The first-order valence-electron chi connectivity index (χ1n) is 5.06. The molecule has 86 valence electrons. The third kappa shape index (κ3) is 5.68. The van der Waals surface area contributed by atoms with Crippen LogP contribution in [-0.4, -0.2) is 29.7 Å². The van der Waals surface area contributed by atoms with E-state index in [0.717, 1.165) is 0 Å². The standard InChI is InChI=1S/C11H22O2.GeH4/c1-7(2)10(8(3)4)11(12)13-9(5)6;/h7-10H,1-6H3;1H4. The van der Waals surface area contributed by atoms with Crippen molar-refractivity contribution >= 4 is 23.6 Å². The zero-order valence-corrected chi connectivity index (χ0v) is 9.63. The second kappa shape index (κ2) is 7.32. The second-order valence-corrected chi connectivity index (χ2v) is 4.50. The number of hydrogen-bond acceptors (Lipinski definition) is 2. The van der Waals surface area contributed by atoms with E-state index in [0.29, 0.717) is 11.8 Å². The van der Waals surface area contributed by atoms with Gasteiger partial charge in [0.2, 0.25) is 0 Å². The Hall–Kier alpha value is 0.0129. The molecule has 3 heteroatoms. The van der Waals surface area contributed by atoms with E-state index in [1.807, 2.05) is 13.8 Å². The monoisotopic (exact) mass is 264 g/mol. The average molecular weight is 263 g/mol. The van der Waals surface area contributed by atoms with Crippen LogP contribution >= 0.6 is 0 Å². The Morgan fingerprint density at radius 2 is 1.29 bits per heavy atom. The van der Waals surface area contributed by atoms with Crippen molar-refractivity contribution in [1.82, 2.24) is 0 Å². The molecule has 2 nitrogen and oxygen atoms in total. The minimum absolute atomic E-state index is 0. The summed E-state index contributed by atoms with van der Waals surface area (Å²) in [5.41, 5.74) is 0. The molecule has 0 heterocycles. The average Bonchev–Trinajstić information content (AvgIpc) is 1.81. The van der Waals surface area contributed by atoms with Gasteiger partial charge >= 0.3 is 23.6 Å². The molecular weight excluding hydrogens is 237 g/mol. The SMILES string of the molecule is CC(C)OC(=O)C(C(C)C)C(C)C.[GeH4]. The summed E-state index contributed by atoms with van der Waals surface area (Å²) in [6.45, 7) is 12.0. The molecule has 0 radical (unpaired) electrons. The quantitative estimate of drug-likeness (QED) is 0.566. The van der Waals surface area contributed by atoms with Crippen LogP contribution in [0.3, 0.4) is 0 Å². The minimum atomic E-state index is -0.0556. The summed E-state index contributed by atoms with van der Waals surface area (Å²) < 4.78 is 5.20. The van der Waals surface area contributed by atoms with E-state index < -0.39 is 0 Å². The molecule has 0 saturated carbocycles. The van der Waals surface area contributed by atoms with Crippen molar-refractivity contribution in [2.75, 3.05) is 0 Å². The molecule has 0 aliphatic carbocycles. The Morgan fingerprint density at radius 1 is 0.929 bits per heavy atom. The first kappa shape index (κ1) is 16.4. The third-order valence-corrected chi connectivity index (χ3v) is 2.06. The summed E-state index contributed by atoms with van der Waals surface area (Å²) in [5.74, 6) is 0.680. The number of esters is 1. The van der Waals surface area contributed by atoms with Crippen molar-refractivity contribution in [1.29, 1.82) is 0 Å². The van der Waals surface area contributed by atoms with Crippen LogP contribution in [0, 0.1) is 17.8 Å². The number of carbonyl (C=O) groups excluding carboxylic acids is 1. The molecule has 0 bridgehead atoms. The third-order valence-electron chi connectivity index (χ3n) is 2.06. The van der Waals surface area contributed by atoms with Gasteiger partial charge in [0.25, 0.3) is 0 Å². The Balaban J connectivity index is 0. The number of ether oxygens (including phenoxy) is 1. The topological polar surface area (TPSA) is 26.3 Å². The summed E-state index contributed by atoms with van der Waals surface area (Å²) in [4.78, 5) is 11.6. The van der Waals surface area contributed by atoms with Crippen molar-refractivity contribution in [2.24, 2.45) is 17.8 Å². The van der Waals surface area contributed by atoms with Gasteiger partial charge in [0, 0.05) is 0 Å². The Kier molecular flexibility index (Phi) is 8.60. The van der Waals surface area contributed by atoms with Gasteiger partial charge in [0.1, 0.15) is 0 Å². The summed E-state index contributed by atoms with van der Waals surface area (Å²) in [7, 11) is 0. The first-order valence-corrected chi connectivity index (χ1v) is 5.06. The van der Waals surface area contributed by atoms with Crippen molar-refractivity contribution in [3.8, 4) is 0 Å². The fraction of sp³-hybridized carbons (Fsp3) is 0.909. The van der Waals surface area contributed by atoms with Crippen LogP contribution in [-0.2, 0) is 9.53 Å². The van der Waals surface area contributed by atoms with Crippen molar-refractivity contribution < 1.29 is 9.53 Å². The molecule has 0 amide bonds. The van der Waals surface area contributed by atoms with Gasteiger partial charge in [0.15, 0.2) is 0 Å². The molecule has 0 unspecified atom stereocenters. The van der Waals surface area contributed by atoms with Crippen LogP contribution in [0.5, 0.6) is 0 Å². The number of carbonyl (C=O) groups is 1. The normalized spacial score (nSPS) is 11.0. The van der Waals surface area contributed by atoms with E-state index in [2.05, 4.69) is 27.7 Å². The molecule has 0 N–H and O–H groups in total. The molecule has 0 rings (SSSR count). The fourth-order valence-corrected chi connectivity index (χ4v) is 1.63. The van der Waals surface area contributed by atoms with Crippen molar-refractivity contribution in [3.63, 3.8) is 0 Å². The van der Waals surface area contributed by atoms with Crippen molar-refractivity contribution in [3.05, 3.63) is 0 Å². The van der Waals surface area contributed by atoms with Gasteiger partial charge in [-0.05, 0) is 25.7 Å². The summed E-state index contributed by atoms with van der Waals surface area (Å²) in [5, 5.41) is 0. The van der Waals surface area contributed by atoms with Gasteiger partial charge in [-0.1, -0.05) is 27.7 Å². The number of rotatable bonds is 4.